The highest BCUT2D eigenvalue weighted by Crippen LogP contribution is 2.06. The molecule has 0 saturated carbocycles. The standard InChI is InChI=1S/C11H21NO3/c1-6-9(13)8(2)7-12-10(14)15-11(3,4)5/h8H,6-7H2,1-5H3,(H,12,14)/t8-/m0/s1. The zero-order valence-corrected chi connectivity index (χ0v) is 10.2. The van der Waals surface area contributed by atoms with Crippen molar-refractivity contribution in [1.82, 2.24) is 5.32 Å². The van der Waals surface area contributed by atoms with Gasteiger partial charge in [0.25, 0.3) is 0 Å². The monoisotopic (exact) mass is 215 g/mol. The van der Waals surface area contributed by atoms with E-state index in [-0.39, 0.29) is 11.7 Å². The lowest BCUT2D eigenvalue weighted by molar-refractivity contribution is -0.121. The minimum atomic E-state index is -0.498. The second kappa shape index (κ2) is 5.73. The molecule has 0 rings (SSSR count). The van der Waals surface area contributed by atoms with E-state index >= 15 is 0 Å². The van der Waals surface area contributed by atoms with Crippen molar-refractivity contribution in [2.45, 2.75) is 46.6 Å². The van der Waals surface area contributed by atoms with Gasteiger partial charge in [0, 0.05) is 18.9 Å². The molecule has 4 heteroatoms. The molecule has 1 amide bonds. The van der Waals surface area contributed by atoms with Crippen molar-refractivity contribution < 1.29 is 14.3 Å². The minimum absolute atomic E-state index is 0.144. The average molecular weight is 215 g/mol. The molecule has 1 N–H and O–H groups in total. The average Bonchev–Trinajstić information content (AvgIpc) is 2.10. The van der Waals surface area contributed by atoms with Crippen LogP contribution in [0.5, 0.6) is 0 Å². The van der Waals surface area contributed by atoms with Crippen LogP contribution in [0.3, 0.4) is 0 Å². The Kier molecular flexibility index (Phi) is 5.33. The van der Waals surface area contributed by atoms with Gasteiger partial charge in [-0.1, -0.05) is 13.8 Å². The summed E-state index contributed by atoms with van der Waals surface area (Å²) in [4.78, 5) is 22.4. The van der Waals surface area contributed by atoms with Gasteiger partial charge in [0.05, 0.1) is 0 Å². The molecule has 0 unspecified atom stereocenters. The van der Waals surface area contributed by atoms with E-state index in [9.17, 15) is 9.59 Å². The van der Waals surface area contributed by atoms with Gasteiger partial charge in [-0.3, -0.25) is 4.79 Å². The Bertz CT molecular complexity index is 230. The second-order valence-corrected chi connectivity index (χ2v) is 4.60. The molecular weight excluding hydrogens is 194 g/mol. The number of amides is 1. The topological polar surface area (TPSA) is 55.4 Å². The number of rotatable bonds is 4. The van der Waals surface area contributed by atoms with Gasteiger partial charge in [0.15, 0.2) is 0 Å². The van der Waals surface area contributed by atoms with Gasteiger partial charge in [-0.15, -0.1) is 0 Å². The van der Waals surface area contributed by atoms with Gasteiger partial charge in [-0.2, -0.15) is 0 Å². The first kappa shape index (κ1) is 13.9. The molecule has 88 valence electrons. The number of hydrogen-bond donors (Lipinski definition) is 1. The Morgan fingerprint density at radius 2 is 1.87 bits per heavy atom. The predicted octanol–water partition coefficient (Wildman–Crippen LogP) is 2.13. The highest BCUT2D eigenvalue weighted by atomic mass is 16.6. The van der Waals surface area contributed by atoms with E-state index in [0.29, 0.717) is 13.0 Å². The molecule has 15 heavy (non-hydrogen) atoms. The van der Waals surface area contributed by atoms with Crippen molar-refractivity contribution in [3.8, 4) is 0 Å². The number of carbonyl (C=O) groups excluding carboxylic acids is 2. The van der Waals surface area contributed by atoms with E-state index < -0.39 is 11.7 Å². The van der Waals surface area contributed by atoms with Crippen LogP contribution in [0.4, 0.5) is 4.79 Å². The van der Waals surface area contributed by atoms with E-state index in [2.05, 4.69) is 5.32 Å². The van der Waals surface area contributed by atoms with Crippen LogP contribution in [-0.4, -0.2) is 24.0 Å². The second-order valence-electron chi connectivity index (χ2n) is 4.60. The third-order valence-electron chi connectivity index (χ3n) is 1.85. The van der Waals surface area contributed by atoms with E-state index in [1.54, 1.807) is 27.7 Å². The summed E-state index contributed by atoms with van der Waals surface area (Å²) in [6.45, 7) is 9.34. The van der Waals surface area contributed by atoms with E-state index in [0.717, 1.165) is 0 Å². The molecule has 0 aromatic carbocycles. The van der Waals surface area contributed by atoms with Crippen LogP contribution in [-0.2, 0) is 9.53 Å². The first-order valence-corrected chi connectivity index (χ1v) is 5.25. The summed E-state index contributed by atoms with van der Waals surface area (Å²) in [5, 5.41) is 2.57. The predicted molar refractivity (Wildman–Crippen MR) is 58.7 cm³/mol. The zero-order chi connectivity index (χ0) is 12.1. The van der Waals surface area contributed by atoms with Crippen LogP contribution in [0.25, 0.3) is 0 Å². The molecule has 0 aromatic rings. The maximum atomic E-state index is 11.2. The Morgan fingerprint density at radius 3 is 2.27 bits per heavy atom. The van der Waals surface area contributed by atoms with Crippen LogP contribution in [0, 0.1) is 5.92 Å². The number of ether oxygens (including phenoxy) is 1. The molecular formula is C11H21NO3. The van der Waals surface area contributed by atoms with Crippen molar-refractivity contribution >= 4 is 11.9 Å². The van der Waals surface area contributed by atoms with Gasteiger partial charge in [-0.25, -0.2) is 4.79 Å². The normalized spacial score (nSPS) is 13.1. The van der Waals surface area contributed by atoms with Gasteiger partial charge in [0.2, 0.25) is 0 Å². The molecule has 0 spiro atoms. The molecule has 0 radical (unpaired) electrons. The molecule has 0 bridgehead atoms. The fraction of sp³-hybridized carbons (Fsp3) is 0.818. The lowest BCUT2D eigenvalue weighted by Crippen LogP contribution is -2.36. The summed E-state index contributed by atoms with van der Waals surface area (Å²) in [5.74, 6) is -0.00595. The minimum Gasteiger partial charge on any atom is -0.444 e. The van der Waals surface area contributed by atoms with Crippen LogP contribution < -0.4 is 5.32 Å². The van der Waals surface area contributed by atoms with Gasteiger partial charge in [-0.05, 0) is 20.8 Å². The maximum Gasteiger partial charge on any atom is 0.407 e. The number of Topliss-reactive ketones (excluding diaryl/α,β-unsaturated/α-hetero) is 1. The molecule has 0 saturated heterocycles. The van der Waals surface area contributed by atoms with Crippen molar-refractivity contribution in [1.29, 1.82) is 0 Å². The molecule has 1 atom stereocenters. The summed E-state index contributed by atoms with van der Waals surface area (Å²) in [7, 11) is 0. The molecule has 4 nitrogen and oxygen atoms in total. The first-order valence-electron chi connectivity index (χ1n) is 5.25. The summed E-state index contributed by atoms with van der Waals surface area (Å²) < 4.78 is 5.04. The van der Waals surface area contributed by atoms with Crippen LogP contribution >= 0.6 is 0 Å². The third kappa shape index (κ3) is 6.94. The van der Waals surface area contributed by atoms with Crippen molar-refractivity contribution in [3.63, 3.8) is 0 Å². The number of carbonyl (C=O) groups is 2. The summed E-state index contributed by atoms with van der Waals surface area (Å²) in [6, 6.07) is 0. The van der Waals surface area contributed by atoms with Crippen molar-refractivity contribution in [3.05, 3.63) is 0 Å². The Balaban J connectivity index is 3.86. The fourth-order valence-electron chi connectivity index (χ4n) is 1.01. The lowest BCUT2D eigenvalue weighted by atomic mass is 10.1. The number of hydrogen-bond acceptors (Lipinski definition) is 3. The molecule has 0 fully saturated rings. The van der Waals surface area contributed by atoms with Crippen LogP contribution in [0.1, 0.15) is 41.0 Å². The molecule has 0 aliphatic heterocycles. The summed E-state index contributed by atoms with van der Waals surface area (Å²) in [6.07, 6.45) is 0.0233. The lowest BCUT2D eigenvalue weighted by Gasteiger charge is -2.20. The Hall–Kier alpha value is -1.06. The maximum absolute atomic E-state index is 11.2. The third-order valence-corrected chi connectivity index (χ3v) is 1.85. The Morgan fingerprint density at radius 1 is 1.33 bits per heavy atom. The van der Waals surface area contributed by atoms with Crippen LogP contribution in [0.2, 0.25) is 0 Å². The largest absolute Gasteiger partial charge is 0.444 e. The molecule has 0 aliphatic carbocycles. The number of ketones is 1. The Labute approximate surface area is 91.4 Å². The smallest absolute Gasteiger partial charge is 0.407 e. The number of alkyl carbamates (subject to hydrolysis) is 1. The van der Waals surface area contributed by atoms with Gasteiger partial charge >= 0.3 is 6.09 Å². The van der Waals surface area contributed by atoms with Gasteiger partial charge in [0.1, 0.15) is 11.4 Å². The molecule has 0 heterocycles. The quantitative estimate of drug-likeness (QED) is 0.781. The summed E-state index contributed by atoms with van der Waals surface area (Å²) in [5.41, 5.74) is -0.498. The fourth-order valence-corrected chi connectivity index (χ4v) is 1.01. The van der Waals surface area contributed by atoms with E-state index in [1.165, 1.54) is 0 Å². The first-order chi connectivity index (χ1) is 6.76. The highest BCUT2D eigenvalue weighted by Gasteiger charge is 2.17. The van der Waals surface area contributed by atoms with Gasteiger partial charge < -0.3 is 10.1 Å². The van der Waals surface area contributed by atoms with Crippen molar-refractivity contribution in [2.75, 3.05) is 6.54 Å². The number of nitrogens with one attached hydrogen (secondary N) is 1. The SMILES string of the molecule is CCC(=O)[C@@H](C)CNC(=O)OC(C)(C)C. The summed E-state index contributed by atoms with van der Waals surface area (Å²) >= 11 is 0. The van der Waals surface area contributed by atoms with E-state index in [4.69, 9.17) is 4.74 Å². The van der Waals surface area contributed by atoms with Crippen LogP contribution in [0.15, 0.2) is 0 Å². The highest BCUT2D eigenvalue weighted by molar-refractivity contribution is 5.81. The zero-order valence-electron chi connectivity index (χ0n) is 10.2. The van der Waals surface area contributed by atoms with E-state index in [1.807, 2.05) is 6.92 Å². The van der Waals surface area contributed by atoms with Crippen molar-refractivity contribution in [2.24, 2.45) is 5.92 Å². The molecule has 0 aliphatic rings. The molecule has 0 aromatic heterocycles.